The average molecular weight is 473 g/mol. The molecule has 2 amide bonds. The van der Waals surface area contributed by atoms with Gasteiger partial charge < -0.3 is 20.1 Å². The minimum Gasteiger partial charge on any atom is -0.459 e. The summed E-state index contributed by atoms with van der Waals surface area (Å²) in [4.78, 5) is 50.7. The fourth-order valence-corrected chi connectivity index (χ4v) is 4.63. The lowest BCUT2D eigenvalue weighted by atomic mass is 9.82. The van der Waals surface area contributed by atoms with Crippen LogP contribution in [0, 0.1) is 23.7 Å². The number of hydrogen-bond donors (Lipinski definition) is 2. The number of amides is 2. The van der Waals surface area contributed by atoms with Crippen molar-refractivity contribution in [1.29, 1.82) is 0 Å². The van der Waals surface area contributed by atoms with Crippen molar-refractivity contribution in [2.24, 2.45) is 23.7 Å². The van der Waals surface area contributed by atoms with E-state index in [0.29, 0.717) is 0 Å². The van der Waals surface area contributed by atoms with Crippen molar-refractivity contribution in [1.82, 2.24) is 10.6 Å². The molecule has 1 aliphatic carbocycles. The molecule has 0 bridgehead atoms. The molecule has 186 valence electrons. The summed E-state index contributed by atoms with van der Waals surface area (Å²) in [6.07, 6.45) is 3.08. The number of esters is 2. The van der Waals surface area contributed by atoms with Gasteiger partial charge in [0.1, 0.15) is 24.6 Å². The highest BCUT2D eigenvalue weighted by Gasteiger charge is 2.52. The number of nitrogens with one attached hydrogen (secondary N) is 2. The van der Waals surface area contributed by atoms with Crippen LogP contribution in [0.3, 0.4) is 0 Å². The molecule has 8 heteroatoms. The van der Waals surface area contributed by atoms with Gasteiger partial charge in [-0.15, -0.1) is 0 Å². The molecule has 0 aromatic heterocycles. The van der Waals surface area contributed by atoms with Gasteiger partial charge >= 0.3 is 11.9 Å². The number of rotatable bonds is 10. The zero-order valence-electron chi connectivity index (χ0n) is 20.4. The number of carbonyl (C=O) groups is 4. The maximum atomic E-state index is 13.1. The minimum atomic E-state index is -0.876. The Bertz CT molecular complexity index is 879. The molecule has 0 radical (unpaired) electrons. The summed E-state index contributed by atoms with van der Waals surface area (Å²) in [5.41, 5.74) is 0.851. The Kier molecular flexibility index (Phi) is 8.69. The summed E-state index contributed by atoms with van der Waals surface area (Å²) < 4.78 is 10.6. The van der Waals surface area contributed by atoms with Gasteiger partial charge in [-0.25, -0.2) is 4.79 Å². The molecule has 1 saturated heterocycles. The number of ether oxygens (including phenoxy) is 2. The Hall–Kier alpha value is -2.90. The van der Waals surface area contributed by atoms with Crippen LogP contribution >= 0.6 is 0 Å². The van der Waals surface area contributed by atoms with Crippen LogP contribution in [0.2, 0.25) is 0 Å². The van der Waals surface area contributed by atoms with Crippen molar-refractivity contribution in [2.45, 2.75) is 78.2 Å². The van der Waals surface area contributed by atoms with E-state index in [9.17, 15) is 19.2 Å². The van der Waals surface area contributed by atoms with Crippen LogP contribution in [0.4, 0.5) is 0 Å². The van der Waals surface area contributed by atoms with Crippen molar-refractivity contribution in [3.63, 3.8) is 0 Å². The quantitative estimate of drug-likeness (QED) is 0.507. The fourth-order valence-electron chi connectivity index (χ4n) is 4.63. The van der Waals surface area contributed by atoms with Gasteiger partial charge in [-0.1, -0.05) is 70.9 Å². The minimum absolute atomic E-state index is 0.110. The Balaban J connectivity index is 1.60. The van der Waals surface area contributed by atoms with Gasteiger partial charge in [0, 0.05) is 0 Å². The molecule has 0 spiro atoms. The van der Waals surface area contributed by atoms with Crippen molar-refractivity contribution in [3.05, 3.63) is 35.9 Å². The van der Waals surface area contributed by atoms with Gasteiger partial charge in [0.05, 0.1) is 0 Å². The van der Waals surface area contributed by atoms with E-state index in [2.05, 4.69) is 10.6 Å². The highest BCUT2D eigenvalue weighted by atomic mass is 16.6. The van der Waals surface area contributed by atoms with E-state index >= 15 is 0 Å². The van der Waals surface area contributed by atoms with Crippen molar-refractivity contribution in [2.75, 3.05) is 0 Å². The first-order chi connectivity index (χ1) is 16.2. The van der Waals surface area contributed by atoms with E-state index in [1.807, 2.05) is 58.0 Å². The van der Waals surface area contributed by atoms with E-state index in [1.54, 1.807) is 0 Å². The molecule has 4 atom stereocenters. The zero-order chi connectivity index (χ0) is 24.8. The van der Waals surface area contributed by atoms with Gasteiger partial charge in [-0.2, -0.15) is 0 Å². The van der Waals surface area contributed by atoms with E-state index in [4.69, 9.17) is 9.47 Å². The zero-order valence-corrected chi connectivity index (χ0v) is 20.4. The summed E-state index contributed by atoms with van der Waals surface area (Å²) in [5.74, 6) is -2.52. The lowest BCUT2D eigenvalue weighted by molar-refractivity contribution is -0.194. The summed E-state index contributed by atoms with van der Waals surface area (Å²) in [6.45, 7) is 7.36. The number of benzene rings is 1. The number of hydrogen-bond acceptors (Lipinski definition) is 6. The second-order valence-electron chi connectivity index (χ2n) is 9.98. The maximum Gasteiger partial charge on any atom is 0.329 e. The molecule has 2 aliphatic rings. The third-order valence-corrected chi connectivity index (χ3v) is 6.70. The smallest absolute Gasteiger partial charge is 0.329 e. The van der Waals surface area contributed by atoms with Gasteiger partial charge in [0.15, 0.2) is 6.10 Å². The second kappa shape index (κ2) is 11.5. The molecule has 1 heterocycles. The standard InChI is InChI=1S/C26H36N2O6/c1-15(2)20(27-24(30)22-19(25(31)34-22)18-12-8-9-13-18)23(29)28-21(16(3)4)26(32)33-14-17-10-6-5-7-11-17/h5-7,10-11,15-16,18-22H,8-9,12-14H2,1-4H3,(H,27,30)(H,28,29)/t19-,20-,21-,22+/m0/s1. The van der Waals surface area contributed by atoms with Crippen LogP contribution in [0.5, 0.6) is 0 Å². The van der Waals surface area contributed by atoms with Crippen molar-refractivity contribution in [3.8, 4) is 0 Å². The normalized spacial score (nSPS) is 22.0. The van der Waals surface area contributed by atoms with E-state index in [0.717, 1.165) is 31.2 Å². The molecule has 3 rings (SSSR count). The molecule has 0 unspecified atom stereocenters. The van der Waals surface area contributed by atoms with Crippen LogP contribution in [0.25, 0.3) is 0 Å². The Labute approximate surface area is 201 Å². The Morgan fingerprint density at radius 1 is 0.971 bits per heavy atom. The molecule has 34 heavy (non-hydrogen) atoms. The lowest BCUT2D eigenvalue weighted by Gasteiger charge is -2.38. The van der Waals surface area contributed by atoms with Gasteiger partial charge in [-0.3, -0.25) is 14.4 Å². The molecule has 8 nitrogen and oxygen atoms in total. The predicted molar refractivity (Wildman–Crippen MR) is 125 cm³/mol. The van der Waals surface area contributed by atoms with Gasteiger partial charge in [0.2, 0.25) is 5.91 Å². The lowest BCUT2D eigenvalue weighted by Crippen LogP contribution is -2.61. The largest absolute Gasteiger partial charge is 0.459 e. The van der Waals surface area contributed by atoms with Crippen molar-refractivity contribution < 1.29 is 28.7 Å². The van der Waals surface area contributed by atoms with Crippen LogP contribution in [-0.2, 0) is 35.3 Å². The summed E-state index contributed by atoms with van der Waals surface area (Å²) in [6, 6.07) is 7.57. The maximum absolute atomic E-state index is 13.1. The van der Waals surface area contributed by atoms with Crippen LogP contribution in [0.15, 0.2) is 30.3 Å². The predicted octanol–water partition coefficient (Wildman–Crippen LogP) is 2.74. The first-order valence-electron chi connectivity index (χ1n) is 12.2. The molecule has 1 aliphatic heterocycles. The number of cyclic esters (lactones) is 1. The Morgan fingerprint density at radius 3 is 2.15 bits per heavy atom. The van der Waals surface area contributed by atoms with Crippen LogP contribution in [-0.4, -0.2) is 41.9 Å². The molecule has 2 N–H and O–H groups in total. The fraction of sp³-hybridized carbons (Fsp3) is 0.615. The van der Waals surface area contributed by atoms with Crippen molar-refractivity contribution >= 4 is 23.8 Å². The van der Waals surface area contributed by atoms with Crippen LogP contribution < -0.4 is 10.6 Å². The molecule has 2 fully saturated rings. The average Bonchev–Trinajstić information content (AvgIpc) is 3.31. The highest BCUT2D eigenvalue weighted by molar-refractivity contribution is 5.97. The summed E-state index contributed by atoms with van der Waals surface area (Å²) >= 11 is 0. The molecule has 1 saturated carbocycles. The topological polar surface area (TPSA) is 111 Å². The number of carbonyl (C=O) groups excluding carboxylic acids is 4. The Morgan fingerprint density at radius 2 is 1.59 bits per heavy atom. The van der Waals surface area contributed by atoms with Crippen LogP contribution in [0.1, 0.15) is 58.9 Å². The molecular formula is C26H36N2O6. The van der Waals surface area contributed by atoms with Gasteiger partial charge in [-0.05, 0) is 36.2 Å². The molecule has 1 aromatic carbocycles. The monoisotopic (exact) mass is 472 g/mol. The summed E-state index contributed by atoms with van der Waals surface area (Å²) in [5, 5.41) is 5.51. The molecular weight excluding hydrogens is 436 g/mol. The second-order valence-corrected chi connectivity index (χ2v) is 9.98. The van der Waals surface area contributed by atoms with E-state index in [-0.39, 0.29) is 30.3 Å². The summed E-state index contributed by atoms with van der Waals surface area (Å²) in [7, 11) is 0. The third kappa shape index (κ3) is 6.15. The SMILES string of the molecule is CC(C)[C@H](NC(=O)[C@@H]1OC(=O)[C@H]1C1CCCC1)C(=O)N[C@H](C(=O)OCc1ccccc1)C(C)C. The first kappa shape index (κ1) is 25.7. The van der Waals surface area contributed by atoms with E-state index < -0.39 is 41.9 Å². The van der Waals surface area contributed by atoms with E-state index in [1.165, 1.54) is 0 Å². The third-order valence-electron chi connectivity index (χ3n) is 6.70. The molecule has 1 aromatic rings. The highest BCUT2D eigenvalue weighted by Crippen LogP contribution is 2.39. The first-order valence-corrected chi connectivity index (χ1v) is 12.2. The van der Waals surface area contributed by atoms with Gasteiger partial charge in [0.25, 0.3) is 5.91 Å².